The molecule has 1 amide bonds. The SMILES string of the molecule is Cc1ncccc1C(=O)N1CC[C@H](c2ccc(F)cc2)[C@@H](O)C1. The fourth-order valence-electron chi connectivity index (χ4n) is 3.10. The predicted octanol–water partition coefficient (Wildman–Crippen LogP) is 2.52. The zero-order chi connectivity index (χ0) is 16.4. The van der Waals surface area contributed by atoms with Gasteiger partial charge in [0.25, 0.3) is 5.91 Å². The highest BCUT2D eigenvalue weighted by Crippen LogP contribution is 2.29. The van der Waals surface area contributed by atoms with E-state index in [1.54, 1.807) is 42.3 Å². The molecule has 0 aliphatic carbocycles. The van der Waals surface area contributed by atoms with E-state index in [1.807, 2.05) is 0 Å². The number of likely N-dealkylation sites (tertiary alicyclic amines) is 1. The van der Waals surface area contributed by atoms with Crippen molar-refractivity contribution >= 4 is 5.91 Å². The predicted molar refractivity (Wildman–Crippen MR) is 84.6 cm³/mol. The second-order valence-corrected chi connectivity index (χ2v) is 5.90. The van der Waals surface area contributed by atoms with Gasteiger partial charge >= 0.3 is 0 Å². The molecule has 1 saturated heterocycles. The van der Waals surface area contributed by atoms with E-state index in [0.717, 1.165) is 5.56 Å². The van der Waals surface area contributed by atoms with Gasteiger partial charge in [-0.1, -0.05) is 12.1 Å². The lowest BCUT2D eigenvalue weighted by molar-refractivity contribution is 0.0381. The molecule has 0 saturated carbocycles. The first kappa shape index (κ1) is 15.6. The molecule has 1 aliphatic rings. The number of nitrogens with zero attached hydrogens (tertiary/aromatic N) is 2. The zero-order valence-electron chi connectivity index (χ0n) is 12.9. The quantitative estimate of drug-likeness (QED) is 0.927. The van der Waals surface area contributed by atoms with Crippen LogP contribution in [0.1, 0.15) is 34.0 Å². The molecule has 5 heteroatoms. The molecule has 23 heavy (non-hydrogen) atoms. The molecule has 1 aromatic carbocycles. The summed E-state index contributed by atoms with van der Waals surface area (Å²) in [6, 6.07) is 9.69. The van der Waals surface area contributed by atoms with Gasteiger partial charge in [0.1, 0.15) is 5.82 Å². The molecule has 3 rings (SSSR count). The van der Waals surface area contributed by atoms with Crippen LogP contribution in [-0.2, 0) is 0 Å². The molecule has 4 nitrogen and oxygen atoms in total. The van der Waals surface area contributed by atoms with Crippen molar-refractivity contribution in [2.75, 3.05) is 13.1 Å². The van der Waals surface area contributed by atoms with Crippen molar-refractivity contribution in [2.45, 2.75) is 25.4 Å². The zero-order valence-corrected chi connectivity index (χ0v) is 12.9. The lowest BCUT2D eigenvalue weighted by atomic mass is 9.87. The number of aliphatic hydroxyl groups is 1. The van der Waals surface area contributed by atoms with Crippen molar-refractivity contribution in [2.24, 2.45) is 0 Å². The van der Waals surface area contributed by atoms with Gasteiger partial charge in [-0.3, -0.25) is 9.78 Å². The molecule has 1 N–H and O–H groups in total. The number of aromatic nitrogens is 1. The molecule has 2 atom stereocenters. The Kier molecular flexibility index (Phi) is 4.39. The number of aliphatic hydroxyl groups excluding tert-OH is 1. The van der Waals surface area contributed by atoms with Gasteiger partial charge < -0.3 is 10.0 Å². The Morgan fingerprint density at radius 2 is 2.04 bits per heavy atom. The van der Waals surface area contributed by atoms with Crippen LogP contribution in [0.2, 0.25) is 0 Å². The van der Waals surface area contributed by atoms with Crippen LogP contribution in [0.4, 0.5) is 4.39 Å². The normalized spacial score (nSPS) is 21.3. The molecule has 1 aliphatic heterocycles. The van der Waals surface area contributed by atoms with Gasteiger partial charge in [-0.05, 0) is 43.2 Å². The average Bonchev–Trinajstić information content (AvgIpc) is 2.55. The number of piperidine rings is 1. The highest BCUT2D eigenvalue weighted by molar-refractivity contribution is 5.95. The Balaban J connectivity index is 1.72. The molecule has 0 bridgehead atoms. The summed E-state index contributed by atoms with van der Waals surface area (Å²) in [5.74, 6) is -0.468. The second kappa shape index (κ2) is 6.46. The summed E-state index contributed by atoms with van der Waals surface area (Å²) in [5, 5.41) is 10.4. The monoisotopic (exact) mass is 314 g/mol. The third-order valence-corrected chi connectivity index (χ3v) is 4.40. The van der Waals surface area contributed by atoms with Crippen LogP contribution in [0, 0.1) is 12.7 Å². The molecular formula is C18H19FN2O2. The van der Waals surface area contributed by atoms with Crippen LogP contribution in [0.3, 0.4) is 0 Å². The number of amides is 1. The van der Waals surface area contributed by atoms with E-state index in [-0.39, 0.29) is 24.2 Å². The highest BCUT2D eigenvalue weighted by atomic mass is 19.1. The summed E-state index contributed by atoms with van der Waals surface area (Å²) in [7, 11) is 0. The summed E-state index contributed by atoms with van der Waals surface area (Å²) in [6.45, 7) is 2.64. The van der Waals surface area contributed by atoms with Gasteiger partial charge in [-0.25, -0.2) is 4.39 Å². The fourth-order valence-corrected chi connectivity index (χ4v) is 3.10. The summed E-state index contributed by atoms with van der Waals surface area (Å²) in [4.78, 5) is 18.4. The molecule has 1 aromatic heterocycles. The molecule has 2 heterocycles. The number of benzene rings is 1. The number of carbonyl (C=O) groups is 1. The first-order valence-corrected chi connectivity index (χ1v) is 7.70. The maximum Gasteiger partial charge on any atom is 0.255 e. The van der Waals surface area contributed by atoms with Crippen LogP contribution < -0.4 is 0 Å². The third kappa shape index (κ3) is 3.24. The van der Waals surface area contributed by atoms with E-state index in [9.17, 15) is 14.3 Å². The van der Waals surface area contributed by atoms with Crippen molar-refractivity contribution in [1.82, 2.24) is 9.88 Å². The number of hydrogen-bond donors (Lipinski definition) is 1. The van der Waals surface area contributed by atoms with E-state index >= 15 is 0 Å². The second-order valence-electron chi connectivity index (χ2n) is 5.90. The number of hydrogen-bond acceptors (Lipinski definition) is 3. The standard InChI is InChI=1S/C18H19FN2O2/c1-12-15(3-2-9-20-12)18(23)21-10-8-16(17(22)11-21)13-4-6-14(19)7-5-13/h2-7,9,16-17,22H,8,10-11H2,1H3/t16-,17+/m1/s1. The number of β-amino-alcohol motifs (C(OH)–C–C–N with tert-alkyl or cyclic N) is 1. The van der Waals surface area contributed by atoms with Crippen molar-refractivity contribution < 1.29 is 14.3 Å². The fraction of sp³-hybridized carbons (Fsp3) is 0.333. The Morgan fingerprint density at radius 1 is 1.30 bits per heavy atom. The van der Waals surface area contributed by atoms with Crippen LogP contribution in [0.15, 0.2) is 42.6 Å². The number of rotatable bonds is 2. The molecule has 2 aromatic rings. The minimum atomic E-state index is -0.657. The minimum Gasteiger partial charge on any atom is -0.391 e. The molecule has 0 radical (unpaired) electrons. The van der Waals surface area contributed by atoms with Crippen molar-refractivity contribution in [3.8, 4) is 0 Å². The first-order valence-electron chi connectivity index (χ1n) is 7.70. The van der Waals surface area contributed by atoms with Crippen LogP contribution in [0.5, 0.6) is 0 Å². The highest BCUT2D eigenvalue weighted by Gasteiger charge is 2.32. The molecule has 0 unspecified atom stereocenters. The van der Waals surface area contributed by atoms with Gasteiger partial charge in [0.2, 0.25) is 0 Å². The van der Waals surface area contributed by atoms with E-state index < -0.39 is 6.10 Å². The van der Waals surface area contributed by atoms with Crippen LogP contribution in [0.25, 0.3) is 0 Å². The van der Waals surface area contributed by atoms with Gasteiger partial charge in [0, 0.05) is 30.9 Å². The largest absolute Gasteiger partial charge is 0.391 e. The van der Waals surface area contributed by atoms with E-state index in [1.165, 1.54) is 12.1 Å². The lowest BCUT2D eigenvalue weighted by Crippen LogP contribution is -2.45. The Bertz CT molecular complexity index is 702. The van der Waals surface area contributed by atoms with Gasteiger partial charge in [0.05, 0.1) is 11.7 Å². The van der Waals surface area contributed by atoms with Crippen molar-refractivity contribution in [3.63, 3.8) is 0 Å². The van der Waals surface area contributed by atoms with Crippen LogP contribution >= 0.6 is 0 Å². The van der Waals surface area contributed by atoms with Crippen molar-refractivity contribution in [1.29, 1.82) is 0 Å². The van der Waals surface area contributed by atoms with Gasteiger partial charge in [0.15, 0.2) is 0 Å². The summed E-state index contributed by atoms with van der Waals surface area (Å²) in [5.41, 5.74) is 2.16. The number of pyridine rings is 1. The average molecular weight is 314 g/mol. The van der Waals surface area contributed by atoms with Crippen LogP contribution in [-0.4, -0.2) is 40.1 Å². The van der Waals surface area contributed by atoms with E-state index in [0.29, 0.717) is 24.2 Å². The molecule has 120 valence electrons. The number of halogens is 1. The van der Waals surface area contributed by atoms with E-state index in [4.69, 9.17) is 0 Å². The lowest BCUT2D eigenvalue weighted by Gasteiger charge is -2.36. The summed E-state index contributed by atoms with van der Waals surface area (Å²) in [6.07, 6.45) is 1.65. The maximum absolute atomic E-state index is 13.0. The van der Waals surface area contributed by atoms with E-state index in [2.05, 4.69) is 4.98 Å². The minimum absolute atomic E-state index is 0.0744. The maximum atomic E-state index is 13.0. The van der Waals surface area contributed by atoms with Gasteiger partial charge in [-0.2, -0.15) is 0 Å². The van der Waals surface area contributed by atoms with Gasteiger partial charge in [-0.15, -0.1) is 0 Å². The molecule has 0 spiro atoms. The third-order valence-electron chi connectivity index (χ3n) is 4.40. The number of carbonyl (C=O) groups excluding carboxylic acids is 1. The Hall–Kier alpha value is -2.27. The summed E-state index contributed by atoms with van der Waals surface area (Å²) >= 11 is 0. The smallest absolute Gasteiger partial charge is 0.255 e. The first-order chi connectivity index (χ1) is 11.1. The topological polar surface area (TPSA) is 53.4 Å². The van der Waals surface area contributed by atoms with Crippen molar-refractivity contribution in [3.05, 3.63) is 65.2 Å². The number of aryl methyl sites for hydroxylation is 1. The Labute approximate surface area is 134 Å². The Morgan fingerprint density at radius 3 is 2.70 bits per heavy atom. The molecular weight excluding hydrogens is 295 g/mol. The molecule has 1 fully saturated rings. The summed E-state index contributed by atoms with van der Waals surface area (Å²) < 4.78 is 13.0.